The molecule has 0 bridgehead atoms. The first-order valence-electron chi connectivity index (χ1n) is 8.30. The van der Waals surface area contributed by atoms with E-state index in [-0.39, 0.29) is 0 Å². The lowest BCUT2D eigenvalue weighted by Crippen LogP contribution is -1.99. The summed E-state index contributed by atoms with van der Waals surface area (Å²) in [6.45, 7) is 4.91. The maximum absolute atomic E-state index is 5.85. The molecule has 0 aliphatic rings. The predicted molar refractivity (Wildman–Crippen MR) is 97.6 cm³/mol. The van der Waals surface area contributed by atoms with Gasteiger partial charge >= 0.3 is 0 Å². The third-order valence-electron chi connectivity index (χ3n) is 3.34. The molecule has 0 unspecified atom stereocenters. The molecule has 0 aliphatic carbocycles. The van der Waals surface area contributed by atoms with E-state index in [0.29, 0.717) is 13.2 Å². The SMILES string of the molecule is CCCCCCC/C(=C/c1ccco1)P(=S)(OCC)OCC. The van der Waals surface area contributed by atoms with E-state index < -0.39 is 6.49 Å². The first kappa shape index (κ1) is 19.6. The van der Waals surface area contributed by atoms with E-state index in [0.717, 1.165) is 23.9 Å². The molecular weight excluding hydrogens is 315 g/mol. The Morgan fingerprint density at radius 2 is 1.82 bits per heavy atom. The maximum Gasteiger partial charge on any atom is 0.215 e. The smallest absolute Gasteiger partial charge is 0.215 e. The molecule has 3 nitrogen and oxygen atoms in total. The van der Waals surface area contributed by atoms with Crippen LogP contribution < -0.4 is 0 Å². The van der Waals surface area contributed by atoms with Gasteiger partial charge in [-0.15, -0.1) is 0 Å². The summed E-state index contributed by atoms with van der Waals surface area (Å²) in [4.78, 5) is 0. The molecule has 1 aromatic heterocycles. The van der Waals surface area contributed by atoms with E-state index in [2.05, 4.69) is 6.92 Å². The van der Waals surface area contributed by atoms with Crippen LogP contribution in [0.1, 0.15) is 65.1 Å². The Hall–Kier alpha value is -0.410. The summed E-state index contributed by atoms with van der Waals surface area (Å²) >= 11 is 5.75. The zero-order valence-electron chi connectivity index (χ0n) is 14.0. The summed E-state index contributed by atoms with van der Waals surface area (Å²) in [5, 5.41) is 1.08. The second-order valence-electron chi connectivity index (χ2n) is 5.15. The molecule has 0 saturated heterocycles. The van der Waals surface area contributed by atoms with Gasteiger partial charge in [0.05, 0.1) is 19.5 Å². The molecule has 22 heavy (non-hydrogen) atoms. The van der Waals surface area contributed by atoms with Crippen molar-refractivity contribution in [1.82, 2.24) is 0 Å². The summed E-state index contributed by atoms with van der Waals surface area (Å²) in [7, 11) is 0. The number of hydrogen-bond acceptors (Lipinski definition) is 4. The molecule has 0 aliphatic heterocycles. The minimum absolute atomic E-state index is 0.572. The molecule has 0 atom stereocenters. The van der Waals surface area contributed by atoms with Crippen molar-refractivity contribution in [2.24, 2.45) is 0 Å². The highest BCUT2D eigenvalue weighted by Gasteiger charge is 2.24. The van der Waals surface area contributed by atoms with Crippen LogP contribution >= 0.6 is 6.49 Å². The highest BCUT2D eigenvalue weighted by Crippen LogP contribution is 2.58. The van der Waals surface area contributed by atoms with E-state index >= 15 is 0 Å². The van der Waals surface area contributed by atoms with Gasteiger partial charge in [0.15, 0.2) is 0 Å². The minimum Gasteiger partial charge on any atom is -0.465 e. The summed E-state index contributed by atoms with van der Waals surface area (Å²) < 4.78 is 17.1. The van der Waals surface area contributed by atoms with Gasteiger partial charge < -0.3 is 13.5 Å². The fraction of sp³-hybridized carbons (Fsp3) is 0.647. The predicted octanol–water partition coefficient (Wildman–Crippen LogP) is 6.36. The molecule has 0 radical (unpaired) electrons. The number of rotatable bonds is 12. The Kier molecular flexibility index (Phi) is 9.98. The third-order valence-corrected chi connectivity index (χ3v) is 6.93. The molecule has 0 spiro atoms. The Bertz CT molecular complexity index is 458. The van der Waals surface area contributed by atoms with E-state index in [1.807, 2.05) is 32.1 Å². The highest BCUT2D eigenvalue weighted by atomic mass is 32.5. The largest absolute Gasteiger partial charge is 0.465 e. The molecule has 126 valence electrons. The van der Waals surface area contributed by atoms with Crippen LogP contribution in [0.5, 0.6) is 0 Å². The molecule has 1 rings (SSSR count). The van der Waals surface area contributed by atoms with Crippen molar-refractivity contribution in [3.05, 3.63) is 29.5 Å². The third kappa shape index (κ3) is 6.78. The zero-order valence-corrected chi connectivity index (χ0v) is 15.8. The van der Waals surface area contributed by atoms with Gasteiger partial charge in [0.2, 0.25) is 6.49 Å². The van der Waals surface area contributed by atoms with Crippen molar-refractivity contribution in [1.29, 1.82) is 0 Å². The van der Waals surface area contributed by atoms with Crippen molar-refractivity contribution in [2.75, 3.05) is 13.2 Å². The van der Waals surface area contributed by atoms with Gasteiger partial charge in [-0.1, -0.05) is 32.6 Å². The van der Waals surface area contributed by atoms with Gasteiger partial charge in [0.1, 0.15) is 5.76 Å². The molecule has 0 N–H and O–H groups in total. The lowest BCUT2D eigenvalue weighted by molar-refractivity contribution is 0.271. The molecule has 1 heterocycles. The number of hydrogen-bond donors (Lipinski definition) is 0. The Morgan fingerprint density at radius 1 is 1.14 bits per heavy atom. The molecule has 5 heteroatoms. The molecule has 1 aromatic rings. The lowest BCUT2D eigenvalue weighted by atomic mass is 10.1. The van der Waals surface area contributed by atoms with Crippen LogP contribution in [0, 0.1) is 0 Å². The van der Waals surface area contributed by atoms with Crippen LogP contribution in [-0.2, 0) is 20.9 Å². The Labute approximate surface area is 140 Å². The quantitative estimate of drug-likeness (QED) is 0.326. The number of allylic oxidation sites excluding steroid dienone is 1. The van der Waals surface area contributed by atoms with E-state index in [1.54, 1.807) is 6.26 Å². The summed E-state index contributed by atoms with van der Waals surface area (Å²) in [6, 6.07) is 3.82. The average molecular weight is 344 g/mol. The van der Waals surface area contributed by atoms with Crippen molar-refractivity contribution in [3.8, 4) is 0 Å². The molecule has 0 aromatic carbocycles. The maximum atomic E-state index is 5.85. The first-order valence-corrected chi connectivity index (χ1v) is 10.9. The van der Waals surface area contributed by atoms with Crippen LogP contribution in [0.3, 0.4) is 0 Å². The van der Waals surface area contributed by atoms with Crippen LogP contribution in [0.2, 0.25) is 0 Å². The van der Waals surface area contributed by atoms with Crippen molar-refractivity contribution < 1.29 is 13.5 Å². The monoisotopic (exact) mass is 344 g/mol. The Morgan fingerprint density at radius 3 is 2.36 bits per heavy atom. The highest BCUT2D eigenvalue weighted by molar-refractivity contribution is 8.11. The van der Waals surface area contributed by atoms with Crippen LogP contribution in [0.15, 0.2) is 28.1 Å². The van der Waals surface area contributed by atoms with Gasteiger partial charge in [-0.25, -0.2) is 0 Å². The number of furan rings is 1. The molecular formula is C17H29O3PS. The van der Waals surface area contributed by atoms with Gasteiger partial charge in [0, 0.05) is 5.31 Å². The molecule has 0 saturated carbocycles. The van der Waals surface area contributed by atoms with Crippen LogP contribution in [-0.4, -0.2) is 13.2 Å². The fourth-order valence-electron chi connectivity index (χ4n) is 2.28. The normalized spacial score (nSPS) is 12.8. The van der Waals surface area contributed by atoms with Gasteiger partial charge in [-0.2, -0.15) is 0 Å². The second-order valence-corrected chi connectivity index (χ2v) is 8.68. The van der Waals surface area contributed by atoms with Gasteiger partial charge in [0.25, 0.3) is 0 Å². The zero-order chi connectivity index (χ0) is 16.3. The van der Waals surface area contributed by atoms with Gasteiger partial charge in [-0.3, -0.25) is 0 Å². The van der Waals surface area contributed by atoms with E-state index in [4.69, 9.17) is 25.3 Å². The standard InChI is InChI=1S/C17H29O3PS/c1-4-7-8-9-10-13-17(15-16-12-11-14-18-16)21(22,19-5-2)20-6-3/h11-12,14-15H,4-10,13H2,1-3H3/b17-15-. The van der Waals surface area contributed by atoms with E-state index in [9.17, 15) is 0 Å². The molecule has 0 fully saturated rings. The van der Waals surface area contributed by atoms with Gasteiger partial charge in [-0.05, 0) is 56.7 Å². The second kappa shape index (κ2) is 11.2. The van der Waals surface area contributed by atoms with Crippen LogP contribution in [0.25, 0.3) is 6.08 Å². The average Bonchev–Trinajstić information content (AvgIpc) is 2.99. The first-order chi connectivity index (χ1) is 10.7. The lowest BCUT2D eigenvalue weighted by Gasteiger charge is -2.24. The summed E-state index contributed by atoms with van der Waals surface area (Å²) in [6.07, 6.45) is 10.8. The summed E-state index contributed by atoms with van der Waals surface area (Å²) in [5.41, 5.74) is 0. The Balaban J connectivity index is 2.83. The molecule has 0 amide bonds. The van der Waals surface area contributed by atoms with Crippen molar-refractivity contribution >= 4 is 24.4 Å². The fourth-order valence-corrected chi connectivity index (χ4v) is 5.15. The van der Waals surface area contributed by atoms with E-state index in [1.165, 1.54) is 25.7 Å². The van der Waals surface area contributed by atoms with Crippen molar-refractivity contribution in [3.63, 3.8) is 0 Å². The minimum atomic E-state index is -2.39. The topological polar surface area (TPSA) is 31.6 Å². The number of unbranched alkanes of at least 4 members (excludes halogenated alkanes) is 4. The summed E-state index contributed by atoms with van der Waals surface area (Å²) in [5.74, 6) is 0.817. The van der Waals surface area contributed by atoms with Crippen molar-refractivity contribution in [2.45, 2.75) is 59.3 Å². The van der Waals surface area contributed by atoms with Crippen LogP contribution in [0.4, 0.5) is 0 Å².